The number of hydrogen-bond acceptors (Lipinski definition) is 5. The SMILES string of the molecule is CCCNC(Cc1ccc(OC)nc1)c1cccnc1N. The summed E-state index contributed by atoms with van der Waals surface area (Å²) in [6.07, 6.45) is 5.43. The number of nitrogens with one attached hydrogen (secondary N) is 1. The van der Waals surface area contributed by atoms with Crippen LogP contribution in [0.4, 0.5) is 5.82 Å². The van der Waals surface area contributed by atoms with Gasteiger partial charge in [-0.15, -0.1) is 0 Å². The Balaban J connectivity index is 2.17. The molecule has 1 atom stereocenters. The molecule has 0 saturated heterocycles. The average molecular weight is 286 g/mol. The van der Waals surface area contributed by atoms with Crippen molar-refractivity contribution in [1.29, 1.82) is 0 Å². The lowest BCUT2D eigenvalue weighted by Crippen LogP contribution is -2.25. The van der Waals surface area contributed by atoms with E-state index in [0.29, 0.717) is 11.7 Å². The Bertz CT molecular complexity index is 556. The van der Waals surface area contributed by atoms with Gasteiger partial charge in [0.2, 0.25) is 5.88 Å². The Labute approximate surface area is 125 Å². The van der Waals surface area contributed by atoms with Gasteiger partial charge >= 0.3 is 0 Å². The van der Waals surface area contributed by atoms with Crippen molar-refractivity contribution in [3.05, 3.63) is 47.8 Å². The number of rotatable bonds is 7. The maximum atomic E-state index is 6.01. The first kappa shape index (κ1) is 15.3. The molecule has 0 aliphatic heterocycles. The van der Waals surface area contributed by atoms with E-state index in [0.717, 1.165) is 30.5 Å². The minimum Gasteiger partial charge on any atom is -0.481 e. The van der Waals surface area contributed by atoms with Crippen molar-refractivity contribution in [2.24, 2.45) is 0 Å². The number of aromatic nitrogens is 2. The summed E-state index contributed by atoms with van der Waals surface area (Å²) in [6.45, 7) is 3.08. The number of nitrogens with two attached hydrogens (primary N) is 1. The van der Waals surface area contributed by atoms with Gasteiger partial charge in [-0.3, -0.25) is 0 Å². The second-order valence-electron chi connectivity index (χ2n) is 4.90. The second-order valence-corrected chi connectivity index (χ2v) is 4.90. The zero-order chi connectivity index (χ0) is 15.1. The molecule has 0 fully saturated rings. The van der Waals surface area contributed by atoms with Crippen LogP contribution >= 0.6 is 0 Å². The van der Waals surface area contributed by atoms with Crippen LogP contribution in [-0.4, -0.2) is 23.6 Å². The Hall–Kier alpha value is -2.14. The summed E-state index contributed by atoms with van der Waals surface area (Å²) in [4.78, 5) is 8.43. The fourth-order valence-corrected chi connectivity index (χ4v) is 2.22. The largest absolute Gasteiger partial charge is 0.481 e. The fourth-order valence-electron chi connectivity index (χ4n) is 2.22. The lowest BCUT2D eigenvalue weighted by molar-refractivity contribution is 0.397. The highest BCUT2D eigenvalue weighted by atomic mass is 16.5. The number of hydrogen-bond donors (Lipinski definition) is 2. The van der Waals surface area contributed by atoms with Gasteiger partial charge in [-0.05, 0) is 31.0 Å². The van der Waals surface area contributed by atoms with Crippen LogP contribution in [0.2, 0.25) is 0 Å². The molecule has 0 spiro atoms. The molecule has 112 valence electrons. The van der Waals surface area contributed by atoms with E-state index in [2.05, 4.69) is 22.2 Å². The first-order valence-corrected chi connectivity index (χ1v) is 7.17. The van der Waals surface area contributed by atoms with E-state index >= 15 is 0 Å². The summed E-state index contributed by atoms with van der Waals surface area (Å²) < 4.78 is 5.09. The maximum absolute atomic E-state index is 6.01. The van der Waals surface area contributed by atoms with Crippen molar-refractivity contribution >= 4 is 5.82 Å². The van der Waals surface area contributed by atoms with E-state index in [1.165, 1.54) is 0 Å². The van der Waals surface area contributed by atoms with Gasteiger partial charge in [0.15, 0.2) is 0 Å². The van der Waals surface area contributed by atoms with E-state index in [-0.39, 0.29) is 6.04 Å². The molecule has 0 radical (unpaired) electrons. The van der Waals surface area contributed by atoms with Crippen molar-refractivity contribution in [2.45, 2.75) is 25.8 Å². The zero-order valence-corrected chi connectivity index (χ0v) is 12.5. The summed E-state index contributed by atoms with van der Waals surface area (Å²) in [5, 5.41) is 3.52. The average Bonchev–Trinajstić information content (AvgIpc) is 2.53. The second kappa shape index (κ2) is 7.59. The molecule has 5 nitrogen and oxygen atoms in total. The summed E-state index contributed by atoms with van der Waals surface area (Å²) in [6, 6.07) is 7.97. The van der Waals surface area contributed by atoms with E-state index < -0.39 is 0 Å². The van der Waals surface area contributed by atoms with Crippen molar-refractivity contribution < 1.29 is 4.74 Å². The van der Waals surface area contributed by atoms with E-state index in [4.69, 9.17) is 10.5 Å². The molecule has 1 unspecified atom stereocenters. The van der Waals surface area contributed by atoms with Crippen molar-refractivity contribution in [1.82, 2.24) is 15.3 Å². The van der Waals surface area contributed by atoms with E-state index in [1.807, 2.05) is 30.5 Å². The predicted molar refractivity (Wildman–Crippen MR) is 84.2 cm³/mol. The van der Waals surface area contributed by atoms with Gasteiger partial charge in [0.1, 0.15) is 5.82 Å². The number of pyridine rings is 2. The molecule has 5 heteroatoms. The Kier molecular flexibility index (Phi) is 5.51. The molecule has 0 aliphatic carbocycles. The van der Waals surface area contributed by atoms with E-state index in [1.54, 1.807) is 13.3 Å². The zero-order valence-electron chi connectivity index (χ0n) is 12.5. The third-order valence-electron chi connectivity index (χ3n) is 3.33. The number of nitrogen functional groups attached to an aromatic ring is 1. The van der Waals surface area contributed by atoms with Crippen molar-refractivity contribution in [3.8, 4) is 5.88 Å². The summed E-state index contributed by atoms with van der Waals surface area (Å²) in [5.41, 5.74) is 8.17. The molecule has 21 heavy (non-hydrogen) atoms. The monoisotopic (exact) mass is 286 g/mol. The van der Waals surface area contributed by atoms with Crippen LogP contribution in [0.15, 0.2) is 36.7 Å². The maximum Gasteiger partial charge on any atom is 0.212 e. The molecule has 2 aromatic heterocycles. The van der Waals surface area contributed by atoms with Gasteiger partial charge in [-0.2, -0.15) is 0 Å². The standard InChI is InChI=1S/C16H22N4O/c1-3-8-18-14(13-5-4-9-19-16(13)17)10-12-6-7-15(21-2)20-11-12/h4-7,9,11,14,18H,3,8,10H2,1-2H3,(H2,17,19). The number of methoxy groups -OCH3 is 1. The van der Waals surface area contributed by atoms with Gasteiger partial charge in [0.25, 0.3) is 0 Å². The van der Waals surface area contributed by atoms with Crippen LogP contribution in [0.5, 0.6) is 5.88 Å². The highest BCUT2D eigenvalue weighted by molar-refractivity contribution is 5.41. The van der Waals surface area contributed by atoms with Crippen LogP contribution in [0.1, 0.15) is 30.5 Å². The minimum atomic E-state index is 0.133. The van der Waals surface area contributed by atoms with Crippen LogP contribution in [0.3, 0.4) is 0 Å². The Morgan fingerprint density at radius 3 is 2.76 bits per heavy atom. The molecule has 0 amide bonds. The van der Waals surface area contributed by atoms with Gasteiger partial charge in [-0.25, -0.2) is 9.97 Å². The molecule has 2 aromatic rings. The molecule has 2 rings (SSSR count). The molecule has 0 aromatic carbocycles. The van der Waals surface area contributed by atoms with Crippen molar-refractivity contribution in [3.63, 3.8) is 0 Å². The van der Waals surface area contributed by atoms with Gasteiger partial charge in [-0.1, -0.05) is 19.1 Å². The van der Waals surface area contributed by atoms with Crippen LogP contribution in [-0.2, 0) is 6.42 Å². The Morgan fingerprint density at radius 2 is 2.14 bits per heavy atom. The predicted octanol–water partition coefficient (Wildman–Crippen LogP) is 2.35. The van der Waals surface area contributed by atoms with E-state index in [9.17, 15) is 0 Å². The van der Waals surface area contributed by atoms with Crippen LogP contribution in [0, 0.1) is 0 Å². The normalized spacial score (nSPS) is 12.1. The number of ether oxygens (including phenoxy) is 1. The number of anilines is 1. The summed E-state index contributed by atoms with van der Waals surface area (Å²) >= 11 is 0. The highest BCUT2D eigenvalue weighted by Crippen LogP contribution is 2.22. The Morgan fingerprint density at radius 1 is 1.29 bits per heavy atom. The van der Waals surface area contributed by atoms with Crippen molar-refractivity contribution in [2.75, 3.05) is 19.4 Å². The molecule has 0 saturated carbocycles. The smallest absolute Gasteiger partial charge is 0.212 e. The molecular formula is C16H22N4O. The highest BCUT2D eigenvalue weighted by Gasteiger charge is 2.15. The van der Waals surface area contributed by atoms with Crippen LogP contribution in [0.25, 0.3) is 0 Å². The molecule has 0 aliphatic rings. The molecule has 3 N–H and O–H groups in total. The topological polar surface area (TPSA) is 73.1 Å². The quantitative estimate of drug-likeness (QED) is 0.817. The van der Waals surface area contributed by atoms with Crippen LogP contribution < -0.4 is 15.8 Å². The molecule has 2 heterocycles. The molecular weight excluding hydrogens is 264 g/mol. The summed E-state index contributed by atoms with van der Waals surface area (Å²) in [5.74, 6) is 1.20. The third kappa shape index (κ3) is 4.16. The summed E-state index contributed by atoms with van der Waals surface area (Å²) in [7, 11) is 1.62. The van der Waals surface area contributed by atoms with Gasteiger partial charge in [0.05, 0.1) is 7.11 Å². The third-order valence-corrected chi connectivity index (χ3v) is 3.33. The first-order chi connectivity index (χ1) is 10.2. The lowest BCUT2D eigenvalue weighted by Gasteiger charge is -2.20. The van der Waals surface area contributed by atoms with Gasteiger partial charge < -0.3 is 15.8 Å². The fraction of sp³-hybridized carbons (Fsp3) is 0.375. The first-order valence-electron chi connectivity index (χ1n) is 7.17. The minimum absolute atomic E-state index is 0.133. The van der Waals surface area contributed by atoms with Gasteiger partial charge in [0, 0.05) is 30.1 Å². The lowest BCUT2D eigenvalue weighted by atomic mass is 10.00. The molecule has 0 bridgehead atoms. The number of nitrogens with zero attached hydrogens (tertiary/aromatic N) is 2.